The van der Waals surface area contributed by atoms with E-state index >= 15 is 0 Å². The second-order valence-electron chi connectivity index (χ2n) is 7.87. The minimum Gasteiger partial charge on any atom is -0.426 e. The molecular weight excluding hydrogens is 360 g/mol. The largest absolute Gasteiger partial charge is 0.426 e. The number of nitrogens with zero attached hydrogens (tertiary/aromatic N) is 2. The Bertz CT molecular complexity index is 898. The van der Waals surface area contributed by atoms with E-state index in [2.05, 4.69) is 20.8 Å². The van der Waals surface area contributed by atoms with Gasteiger partial charge in [0.2, 0.25) is 5.91 Å². The number of carbonyl (C=O) groups is 2. The summed E-state index contributed by atoms with van der Waals surface area (Å²) >= 11 is 0. The van der Waals surface area contributed by atoms with Crippen molar-refractivity contribution in [3.8, 4) is 5.75 Å². The van der Waals surface area contributed by atoms with Crippen LogP contribution in [0, 0.1) is 16.0 Å². The van der Waals surface area contributed by atoms with Crippen LogP contribution in [0.25, 0.3) is 0 Å². The standard InChI is InChI=1S/C21H22N2O5/c1-21(2,3)15-4-10-18(11-5-15)28-20(25)14-12-19(24)22(13-14)16-6-8-17(9-7-16)23(26)27/h4-11,14H,12-13H2,1-3H3/t14-/m1/s1. The lowest BCUT2D eigenvalue weighted by Crippen LogP contribution is -2.27. The third-order valence-electron chi connectivity index (χ3n) is 4.77. The van der Waals surface area contributed by atoms with Crippen molar-refractivity contribution in [1.82, 2.24) is 0 Å². The Morgan fingerprint density at radius 2 is 1.71 bits per heavy atom. The Hall–Kier alpha value is -3.22. The Morgan fingerprint density at radius 3 is 2.25 bits per heavy atom. The molecule has 3 rings (SSSR count). The zero-order chi connectivity index (χ0) is 20.5. The molecule has 28 heavy (non-hydrogen) atoms. The summed E-state index contributed by atoms with van der Waals surface area (Å²) in [7, 11) is 0. The first-order chi connectivity index (χ1) is 13.1. The maximum atomic E-state index is 12.5. The van der Waals surface area contributed by atoms with Crippen molar-refractivity contribution in [2.75, 3.05) is 11.4 Å². The van der Waals surface area contributed by atoms with Gasteiger partial charge in [-0.3, -0.25) is 19.7 Å². The van der Waals surface area contributed by atoms with Crippen LogP contribution in [0.4, 0.5) is 11.4 Å². The molecule has 1 aliphatic heterocycles. The van der Waals surface area contributed by atoms with Crippen LogP contribution in [-0.2, 0) is 15.0 Å². The number of hydrogen-bond donors (Lipinski definition) is 0. The van der Waals surface area contributed by atoms with Crippen LogP contribution >= 0.6 is 0 Å². The lowest BCUT2D eigenvalue weighted by molar-refractivity contribution is -0.384. The zero-order valence-electron chi connectivity index (χ0n) is 16.0. The van der Waals surface area contributed by atoms with Crippen LogP contribution in [0.15, 0.2) is 48.5 Å². The molecule has 1 heterocycles. The first kappa shape index (κ1) is 19.5. The molecule has 2 aromatic carbocycles. The van der Waals surface area contributed by atoms with E-state index in [-0.39, 0.29) is 30.0 Å². The number of carbonyl (C=O) groups excluding carboxylic acids is 2. The van der Waals surface area contributed by atoms with E-state index in [1.807, 2.05) is 12.1 Å². The van der Waals surface area contributed by atoms with Crippen LogP contribution in [0.5, 0.6) is 5.75 Å². The maximum Gasteiger partial charge on any atom is 0.316 e. The average molecular weight is 382 g/mol. The van der Waals surface area contributed by atoms with Gasteiger partial charge in [0.1, 0.15) is 5.75 Å². The normalized spacial score (nSPS) is 16.9. The van der Waals surface area contributed by atoms with Gasteiger partial charge < -0.3 is 9.64 Å². The number of nitro benzene ring substituents is 1. The Labute approximate surface area is 163 Å². The summed E-state index contributed by atoms with van der Waals surface area (Å²) < 4.78 is 5.44. The third-order valence-corrected chi connectivity index (χ3v) is 4.77. The highest BCUT2D eigenvalue weighted by atomic mass is 16.6. The van der Waals surface area contributed by atoms with Crippen molar-refractivity contribution in [2.45, 2.75) is 32.6 Å². The molecule has 1 saturated heterocycles. The topological polar surface area (TPSA) is 89.8 Å². The van der Waals surface area contributed by atoms with E-state index in [4.69, 9.17) is 4.74 Å². The molecule has 0 aromatic heterocycles. The summed E-state index contributed by atoms with van der Waals surface area (Å²) in [6.07, 6.45) is 0.0515. The van der Waals surface area contributed by atoms with Crippen molar-refractivity contribution in [2.24, 2.45) is 5.92 Å². The SMILES string of the molecule is CC(C)(C)c1ccc(OC(=O)[C@@H]2CC(=O)N(c3ccc([N+](=O)[O-])cc3)C2)cc1. The van der Waals surface area contributed by atoms with Gasteiger partial charge in [0, 0.05) is 30.8 Å². The van der Waals surface area contributed by atoms with Crippen LogP contribution in [-0.4, -0.2) is 23.3 Å². The highest BCUT2D eigenvalue weighted by Crippen LogP contribution is 2.29. The Kier molecular flexibility index (Phi) is 5.18. The molecule has 1 fully saturated rings. The quantitative estimate of drug-likeness (QED) is 0.347. The monoisotopic (exact) mass is 382 g/mol. The zero-order valence-corrected chi connectivity index (χ0v) is 16.0. The highest BCUT2D eigenvalue weighted by molar-refractivity contribution is 5.99. The number of anilines is 1. The molecule has 7 heteroatoms. The molecule has 1 amide bonds. The van der Waals surface area contributed by atoms with Gasteiger partial charge in [-0.05, 0) is 35.2 Å². The van der Waals surface area contributed by atoms with Crippen LogP contribution in [0.2, 0.25) is 0 Å². The molecule has 0 spiro atoms. The van der Waals surface area contributed by atoms with E-state index in [9.17, 15) is 19.7 Å². The van der Waals surface area contributed by atoms with Crippen LogP contribution in [0.3, 0.4) is 0 Å². The third kappa shape index (κ3) is 4.19. The van der Waals surface area contributed by atoms with E-state index in [0.29, 0.717) is 11.4 Å². The molecule has 1 aliphatic rings. The van der Waals surface area contributed by atoms with E-state index in [1.54, 1.807) is 12.1 Å². The molecular formula is C21H22N2O5. The number of ether oxygens (including phenoxy) is 1. The smallest absolute Gasteiger partial charge is 0.316 e. The second kappa shape index (κ2) is 7.42. The van der Waals surface area contributed by atoms with E-state index < -0.39 is 16.8 Å². The first-order valence-electron chi connectivity index (χ1n) is 9.02. The Morgan fingerprint density at radius 1 is 1.11 bits per heavy atom. The summed E-state index contributed by atoms with van der Waals surface area (Å²) in [6, 6.07) is 13.0. The van der Waals surface area contributed by atoms with Gasteiger partial charge in [0.05, 0.1) is 10.8 Å². The molecule has 2 aromatic rings. The number of amides is 1. The van der Waals surface area contributed by atoms with Crippen LogP contribution < -0.4 is 9.64 Å². The second-order valence-corrected chi connectivity index (χ2v) is 7.87. The summed E-state index contributed by atoms with van der Waals surface area (Å²) in [6.45, 7) is 6.50. The predicted octanol–water partition coefficient (Wildman–Crippen LogP) is 3.85. The van der Waals surface area contributed by atoms with E-state index in [1.165, 1.54) is 29.2 Å². The van der Waals surface area contributed by atoms with Gasteiger partial charge in [-0.25, -0.2) is 0 Å². The van der Waals surface area contributed by atoms with Crippen molar-refractivity contribution in [1.29, 1.82) is 0 Å². The minimum atomic E-state index is -0.579. The van der Waals surface area contributed by atoms with Gasteiger partial charge in [-0.15, -0.1) is 0 Å². The number of nitro groups is 1. The number of non-ortho nitro benzene ring substituents is 1. The molecule has 0 saturated carbocycles. The fraction of sp³-hybridized carbons (Fsp3) is 0.333. The van der Waals surface area contributed by atoms with Crippen molar-refractivity contribution in [3.63, 3.8) is 0 Å². The maximum absolute atomic E-state index is 12.5. The fourth-order valence-electron chi connectivity index (χ4n) is 3.09. The number of rotatable bonds is 4. The summed E-state index contributed by atoms with van der Waals surface area (Å²) in [4.78, 5) is 36.5. The lowest BCUT2D eigenvalue weighted by atomic mass is 9.87. The summed E-state index contributed by atoms with van der Waals surface area (Å²) in [5.74, 6) is -0.802. The average Bonchev–Trinajstić information content (AvgIpc) is 3.03. The van der Waals surface area contributed by atoms with Gasteiger partial charge in [-0.2, -0.15) is 0 Å². The van der Waals surface area contributed by atoms with Gasteiger partial charge in [-0.1, -0.05) is 32.9 Å². The van der Waals surface area contributed by atoms with Crippen molar-refractivity contribution >= 4 is 23.3 Å². The Balaban J connectivity index is 1.65. The van der Waals surface area contributed by atoms with Gasteiger partial charge in [0.15, 0.2) is 0 Å². The van der Waals surface area contributed by atoms with Gasteiger partial charge in [0.25, 0.3) is 5.69 Å². The number of benzene rings is 2. The van der Waals surface area contributed by atoms with Crippen LogP contribution in [0.1, 0.15) is 32.8 Å². The molecule has 0 radical (unpaired) electrons. The minimum absolute atomic E-state index is 0.00562. The van der Waals surface area contributed by atoms with Crippen molar-refractivity contribution < 1.29 is 19.2 Å². The molecule has 7 nitrogen and oxygen atoms in total. The van der Waals surface area contributed by atoms with Gasteiger partial charge >= 0.3 is 5.97 Å². The molecule has 0 aliphatic carbocycles. The number of hydrogen-bond acceptors (Lipinski definition) is 5. The lowest BCUT2D eigenvalue weighted by Gasteiger charge is -2.19. The predicted molar refractivity (Wildman–Crippen MR) is 104 cm³/mol. The fourth-order valence-corrected chi connectivity index (χ4v) is 3.09. The summed E-state index contributed by atoms with van der Waals surface area (Å²) in [5, 5.41) is 10.8. The molecule has 1 atom stereocenters. The van der Waals surface area contributed by atoms with Crippen molar-refractivity contribution in [3.05, 3.63) is 64.2 Å². The molecule has 0 unspecified atom stereocenters. The number of esters is 1. The molecule has 146 valence electrons. The first-order valence-corrected chi connectivity index (χ1v) is 9.02. The van der Waals surface area contributed by atoms with E-state index in [0.717, 1.165) is 5.56 Å². The molecule has 0 bridgehead atoms. The molecule has 0 N–H and O–H groups in total. The summed E-state index contributed by atoms with van der Waals surface area (Å²) in [5.41, 5.74) is 1.62. The highest BCUT2D eigenvalue weighted by Gasteiger charge is 2.36.